The van der Waals surface area contributed by atoms with Crippen molar-refractivity contribution in [1.29, 1.82) is 0 Å². The van der Waals surface area contributed by atoms with Gasteiger partial charge in [0.1, 0.15) is 17.6 Å². The molecule has 2 unspecified atom stereocenters. The molecule has 0 spiro atoms. The fourth-order valence-corrected chi connectivity index (χ4v) is 3.41. The molecule has 0 saturated heterocycles. The maximum Gasteiger partial charge on any atom is 0.174 e. The zero-order chi connectivity index (χ0) is 18.8. The maximum absolute atomic E-state index is 14.2. The summed E-state index contributed by atoms with van der Waals surface area (Å²) in [7, 11) is 1.89. The molecule has 0 radical (unpaired) electrons. The number of phenols is 1. The van der Waals surface area contributed by atoms with E-state index in [4.69, 9.17) is 0 Å². The van der Waals surface area contributed by atoms with Gasteiger partial charge in [-0.05, 0) is 61.5 Å². The minimum atomic E-state index is -0.962. The molecule has 1 aliphatic rings. The van der Waals surface area contributed by atoms with Gasteiger partial charge in [0.25, 0.3) is 0 Å². The number of phenolic OH excluding ortho intramolecular Hbond substituents is 1. The molecular weight excluding hydrogens is 345 g/mol. The minimum absolute atomic E-state index is 0.0886. The predicted molar refractivity (Wildman–Crippen MR) is 102 cm³/mol. The summed E-state index contributed by atoms with van der Waals surface area (Å²) in [5, 5.41) is 23.5. The first kappa shape index (κ1) is 17.5. The Morgan fingerprint density at radius 2 is 2.07 bits per heavy atom. The molecule has 1 saturated carbocycles. The molecule has 2 N–H and O–H groups in total. The molecule has 1 fully saturated rings. The Kier molecular flexibility index (Phi) is 4.77. The average molecular weight is 365 g/mol. The van der Waals surface area contributed by atoms with Gasteiger partial charge in [-0.1, -0.05) is 0 Å². The van der Waals surface area contributed by atoms with Crippen LogP contribution in [0, 0.1) is 0 Å². The molecule has 2 atom stereocenters. The first-order valence-electron chi connectivity index (χ1n) is 8.92. The molecule has 0 amide bonds. The molecular formula is C20H20FN5O. The number of nitrogens with zero attached hydrogens (tertiary/aromatic N) is 4. The normalized spacial score (nSPS) is 21.6. The Bertz CT molecular complexity index is 989. The Hall–Kier alpha value is -2.93. The van der Waals surface area contributed by atoms with E-state index in [9.17, 15) is 9.50 Å². The van der Waals surface area contributed by atoms with Gasteiger partial charge in [-0.25, -0.2) is 9.37 Å². The van der Waals surface area contributed by atoms with Crippen LogP contribution in [-0.2, 0) is 0 Å². The summed E-state index contributed by atoms with van der Waals surface area (Å²) in [6, 6.07) is 5.61. The quantitative estimate of drug-likeness (QED) is 0.741. The van der Waals surface area contributed by atoms with Crippen molar-refractivity contribution in [1.82, 2.24) is 25.5 Å². The molecule has 1 aromatic carbocycles. The van der Waals surface area contributed by atoms with Crippen LogP contribution in [0.3, 0.4) is 0 Å². The Morgan fingerprint density at radius 1 is 1.19 bits per heavy atom. The largest absolute Gasteiger partial charge is 0.507 e. The van der Waals surface area contributed by atoms with Crippen molar-refractivity contribution >= 4 is 16.8 Å². The van der Waals surface area contributed by atoms with Crippen molar-refractivity contribution in [2.45, 2.75) is 31.5 Å². The number of hydrogen-bond acceptors (Lipinski definition) is 6. The fourth-order valence-electron chi connectivity index (χ4n) is 3.41. The monoisotopic (exact) mass is 365 g/mol. The molecule has 138 valence electrons. The van der Waals surface area contributed by atoms with Gasteiger partial charge in [-0.2, -0.15) is 0 Å². The second-order valence-corrected chi connectivity index (χ2v) is 6.75. The van der Waals surface area contributed by atoms with Gasteiger partial charge >= 0.3 is 0 Å². The molecule has 1 aliphatic carbocycles. The average Bonchev–Trinajstić information content (AvgIpc) is 2.70. The van der Waals surface area contributed by atoms with Crippen molar-refractivity contribution in [3.8, 4) is 17.0 Å². The van der Waals surface area contributed by atoms with Gasteiger partial charge in [0.05, 0.1) is 6.20 Å². The number of aromatic nitrogens is 4. The number of rotatable bonds is 3. The van der Waals surface area contributed by atoms with E-state index in [1.165, 1.54) is 0 Å². The molecule has 2 aromatic heterocycles. The molecule has 4 rings (SSSR count). The van der Waals surface area contributed by atoms with E-state index in [0.717, 1.165) is 17.2 Å². The second-order valence-electron chi connectivity index (χ2n) is 6.75. The predicted octanol–water partition coefficient (Wildman–Crippen LogP) is 3.29. The summed E-state index contributed by atoms with van der Waals surface area (Å²) in [5.41, 5.74) is 1.70. The van der Waals surface area contributed by atoms with Gasteiger partial charge in [0.15, 0.2) is 5.82 Å². The zero-order valence-corrected chi connectivity index (χ0v) is 14.9. The number of benzene rings is 1. The Morgan fingerprint density at radius 3 is 2.85 bits per heavy atom. The van der Waals surface area contributed by atoms with E-state index in [0.29, 0.717) is 35.5 Å². The van der Waals surface area contributed by atoms with Gasteiger partial charge in [-0.15, -0.1) is 10.2 Å². The molecule has 3 aromatic rings. The SMILES string of the molecule is CNC1CCC(F)/C(=C\c2ncc(-c3cc4ccncc4cc3O)nn2)C1. The lowest BCUT2D eigenvalue weighted by atomic mass is 9.89. The van der Waals surface area contributed by atoms with Crippen LogP contribution in [-0.4, -0.2) is 44.5 Å². The standard InChI is InChI=1S/C20H20FN5O/c1-22-15-2-3-17(21)13(6-15)9-20-24-11-18(25-26-20)16-7-12-4-5-23-10-14(12)8-19(16)27/h4-5,7-11,15,17,22,27H,2-3,6H2,1H3/b13-9-. The van der Waals surface area contributed by atoms with Crippen LogP contribution in [0.2, 0.25) is 0 Å². The van der Waals surface area contributed by atoms with Crippen molar-refractivity contribution < 1.29 is 9.50 Å². The first-order valence-corrected chi connectivity index (χ1v) is 8.92. The molecule has 0 aliphatic heterocycles. The van der Waals surface area contributed by atoms with E-state index >= 15 is 0 Å². The summed E-state index contributed by atoms with van der Waals surface area (Å²) in [6.07, 6.45) is 7.61. The lowest BCUT2D eigenvalue weighted by Gasteiger charge is -2.26. The summed E-state index contributed by atoms with van der Waals surface area (Å²) in [4.78, 5) is 8.34. The number of fused-ring (bicyclic) bond motifs is 1. The zero-order valence-electron chi connectivity index (χ0n) is 14.9. The topological polar surface area (TPSA) is 83.8 Å². The summed E-state index contributed by atoms with van der Waals surface area (Å²) < 4.78 is 14.2. The van der Waals surface area contributed by atoms with E-state index in [1.54, 1.807) is 30.7 Å². The maximum atomic E-state index is 14.2. The minimum Gasteiger partial charge on any atom is -0.507 e. The lowest BCUT2D eigenvalue weighted by molar-refractivity contribution is 0.290. The van der Waals surface area contributed by atoms with Crippen molar-refractivity contribution in [3.63, 3.8) is 0 Å². The Labute approximate surface area is 156 Å². The lowest BCUT2D eigenvalue weighted by Crippen LogP contribution is -2.32. The number of pyridine rings is 1. The van der Waals surface area contributed by atoms with Crippen LogP contribution >= 0.6 is 0 Å². The molecule has 7 heteroatoms. The highest BCUT2D eigenvalue weighted by Gasteiger charge is 2.24. The highest BCUT2D eigenvalue weighted by molar-refractivity contribution is 5.89. The van der Waals surface area contributed by atoms with Crippen LogP contribution < -0.4 is 5.32 Å². The van der Waals surface area contributed by atoms with Crippen molar-refractivity contribution in [3.05, 3.63) is 48.2 Å². The first-order chi connectivity index (χ1) is 13.1. The van der Waals surface area contributed by atoms with Crippen LogP contribution in [0.15, 0.2) is 42.4 Å². The summed E-state index contributed by atoms with van der Waals surface area (Å²) in [5.74, 6) is 0.461. The molecule has 27 heavy (non-hydrogen) atoms. The van der Waals surface area contributed by atoms with Crippen LogP contribution in [0.5, 0.6) is 5.75 Å². The van der Waals surface area contributed by atoms with Gasteiger partial charge < -0.3 is 10.4 Å². The molecule has 0 bridgehead atoms. The third-order valence-corrected chi connectivity index (χ3v) is 4.99. The number of alkyl halides is 1. The third kappa shape index (κ3) is 3.64. The fraction of sp³-hybridized carbons (Fsp3) is 0.300. The summed E-state index contributed by atoms with van der Waals surface area (Å²) >= 11 is 0. The van der Waals surface area contributed by atoms with Crippen LogP contribution in [0.25, 0.3) is 28.1 Å². The van der Waals surface area contributed by atoms with Crippen LogP contribution in [0.1, 0.15) is 25.1 Å². The van der Waals surface area contributed by atoms with Crippen molar-refractivity contribution in [2.24, 2.45) is 0 Å². The number of nitrogens with one attached hydrogen (secondary N) is 1. The van der Waals surface area contributed by atoms with Gasteiger partial charge in [-0.3, -0.25) is 4.98 Å². The summed E-state index contributed by atoms with van der Waals surface area (Å²) in [6.45, 7) is 0. The highest BCUT2D eigenvalue weighted by Crippen LogP contribution is 2.32. The smallest absolute Gasteiger partial charge is 0.174 e. The Balaban J connectivity index is 1.63. The van der Waals surface area contributed by atoms with E-state index in [1.807, 2.05) is 19.2 Å². The third-order valence-electron chi connectivity index (χ3n) is 4.99. The van der Waals surface area contributed by atoms with Gasteiger partial charge in [0.2, 0.25) is 0 Å². The van der Waals surface area contributed by atoms with E-state index in [2.05, 4.69) is 25.5 Å². The van der Waals surface area contributed by atoms with Crippen LogP contribution in [0.4, 0.5) is 4.39 Å². The number of aromatic hydroxyl groups is 1. The number of hydrogen-bond donors (Lipinski definition) is 2. The highest BCUT2D eigenvalue weighted by atomic mass is 19.1. The van der Waals surface area contributed by atoms with Gasteiger partial charge in [0, 0.05) is 29.4 Å². The van der Waals surface area contributed by atoms with E-state index in [-0.39, 0.29) is 11.8 Å². The second kappa shape index (κ2) is 7.36. The molecule has 2 heterocycles. The van der Waals surface area contributed by atoms with E-state index < -0.39 is 6.17 Å². The van der Waals surface area contributed by atoms with Crippen molar-refractivity contribution in [2.75, 3.05) is 7.05 Å². The molecule has 6 nitrogen and oxygen atoms in total. The number of halogens is 1.